The van der Waals surface area contributed by atoms with Crippen LogP contribution >= 0.6 is 24.2 Å². The number of fused-ring (bicyclic) bond motifs is 2. The second-order valence-corrected chi connectivity index (χ2v) is 6.81. The Bertz CT molecular complexity index is 593. The minimum absolute atomic E-state index is 0. The third-order valence-corrected chi connectivity index (χ3v) is 5.50. The van der Waals surface area contributed by atoms with Gasteiger partial charge in [0.1, 0.15) is 0 Å². The lowest BCUT2D eigenvalue weighted by Gasteiger charge is -2.29. The Morgan fingerprint density at radius 1 is 1.05 bits per heavy atom. The second-order valence-electron chi connectivity index (χ2n) is 5.79. The van der Waals surface area contributed by atoms with Gasteiger partial charge in [0.05, 0.1) is 5.69 Å². The van der Waals surface area contributed by atoms with Crippen LogP contribution in [0, 0.1) is 0 Å². The van der Waals surface area contributed by atoms with Gasteiger partial charge in [0.25, 0.3) is 0 Å². The Labute approximate surface area is 142 Å². The highest BCUT2D eigenvalue weighted by molar-refractivity contribution is 7.98. The summed E-state index contributed by atoms with van der Waals surface area (Å²) < 4.78 is 0. The topological polar surface area (TPSA) is 15.3 Å². The molecule has 0 saturated carbocycles. The van der Waals surface area contributed by atoms with Gasteiger partial charge in [0.2, 0.25) is 0 Å². The van der Waals surface area contributed by atoms with Crippen LogP contribution in [0.1, 0.15) is 18.4 Å². The zero-order valence-corrected chi connectivity index (χ0v) is 14.1. The summed E-state index contributed by atoms with van der Waals surface area (Å²) in [6, 6.07) is 18.3. The maximum atomic E-state index is 3.64. The highest BCUT2D eigenvalue weighted by Crippen LogP contribution is 2.42. The highest BCUT2D eigenvalue weighted by Gasteiger charge is 2.24. The van der Waals surface area contributed by atoms with Gasteiger partial charge in [0, 0.05) is 28.9 Å². The highest BCUT2D eigenvalue weighted by atomic mass is 35.5. The van der Waals surface area contributed by atoms with E-state index in [2.05, 4.69) is 58.7 Å². The number of rotatable bonds is 2. The molecule has 1 fully saturated rings. The van der Waals surface area contributed by atoms with Crippen LogP contribution < -0.4 is 10.2 Å². The average Bonchev–Trinajstić information content (AvgIpc) is 2.99. The molecule has 0 spiro atoms. The standard InChI is InChI=1S/C18H20N2S.ClH/c1-2-8-16-14(6-1)13-21-18-10-4-3-9-17(18)20(16)12-15-7-5-11-19-15;/h1-4,6,8-10,15,19H,5,7,11-13H2;1H/t15-;/m0./s1. The number of benzene rings is 2. The predicted molar refractivity (Wildman–Crippen MR) is 97.7 cm³/mol. The summed E-state index contributed by atoms with van der Waals surface area (Å²) in [7, 11) is 0. The molecular formula is C18H21ClN2S. The lowest BCUT2D eigenvalue weighted by Crippen LogP contribution is -2.35. The average molecular weight is 333 g/mol. The van der Waals surface area contributed by atoms with Crippen molar-refractivity contribution in [3.05, 3.63) is 54.1 Å². The maximum absolute atomic E-state index is 3.64. The van der Waals surface area contributed by atoms with E-state index in [9.17, 15) is 0 Å². The van der Waals surface area contributed by atoms with Crippen molar-refractivity contribution in [1.29, 1.82) is 0 Å². The molecule has 0 aromatic heterocycles. The Kier molecular flexibility index (Phi) is 4.97. The monoisotopic (exact) mass is 332 g/mol. The van der Waals surface area contributed by atoms with E-state index in [-0.39, 0.29) is 12.4 Å². The van der Waals surface area contributed by atoms with Crippen LogP contribution in [-0.2, 0) is 5.75 Å². The van der Waals surface area contributed by atoms with E-state index in [0.29, 0.717) is 6.04 Å². The van der Waals surface area contributed by atoms with Crippen LogP contribution in [0.5, 0.6) is 0 Å². The van der Waals surface area contributed by atoms with Crippen LogP contribution in [-0.4, -0.2) is 19.1 Å². The van der Waals surface area contributed by atoms with Gasteiger partial charge in [-0.1, -0.05) is 30.3 Å². The molecular weight excluding hydrogens is 312 g/mol. The summed E-state index contributed by atoms with van der Waals surface area (Å²) in [6.45, 7) is 2.23. The summed E-state index contributed by atoms with van der Waals surface area (Å²) in [4.78, 5) is 3.92. The molecule has 2 aromatic rings. The number of halogens is 1. The molecule has 2 nitrogen and oxygen atoms in total. The van der Waals surface area contributed by atoms with E-state index < -0.39 is 0 Å². The lowest BCUT2D eigenvalue weighted by molar-refractivity contribution is 0.607. The van der Waals surface area contributed by atoms with Gasteiger partial charge >= 0.3 is 0 Å². The van der Waals surface area contributed by atoms with Crippen molar-refractivity contribution in [3.63, 3.8) is 0 Å². The van der Waals surface area contributed by atoms with Crippen LogP contribution in [0.25, 0.3) is 0 Å². The molecule has 0 radical (unpaired) electrons. The summed E-state index contributed by atoms with van der Waals surface area (Å²) in [5.74, 6) is 1.06. The molecule has 4 rings (SSSR count). The fraction of sp³-hybridized carbons (Fsp3) is 0.333. The number of hydrogen-bond donors (Lipinski definition) is 1. The first-order valence-corrected chi connectivity index (χ1v) is 8.71. The first-order valence-electron chi connectivity index (χ1n) is 7.72. The second kappa shape index (κ2) is 6.95. The first kappa shape index (κ1) is 15.7. The smallest absolute Gasteiger partial charge is 0.0549 e. The SMILES string of the molecule is Cl.c1ccc2c(c1)CSc1ccccc1N2C[C@@H]1CCCN1. The van der Waals surface area contributed by atoms with Crippen LogP contribution in [0.15, 0.2) is 53.4 Å². The molecule has 116 valence electrons. The number of nitrogens with zero attached hydrogens (tertiary/aromatic N) is 1. The van der Waals surface area contributed by atoms with E-state index in [1.54, 1.807) is 0 Å². The number of thioether (sulfide) groups is 1. The molecule has 22 heavy (non-hydrogen) atoms. The number of nitrogens with one attached hydrogen (secondary N) is 1. The zero-order valence-electron chi connectivity index (χ0n) is 12.5. The molecule has 1 atom stereocenters. The van der Waals surface area contributed by atoms with Crippen molar-refractivity contribution in [2.24, 2.45) is 0 Å². The predicted octanol–water partition coefficient (Wildman–Crippen LogP) is 4.60. The molecule has 4 heteroatoms. The van der Waals surface area contributed by atoms with E-state index in [1.807, 2.05) is 11.8 Å². The molecule has 2 aliphatic rings. The molecule has 0 unspecified atom stereocenters. The third kappa shape index (κ3) is 2.98. The molecule has 2 aliphatic heterocycles. The quantitative estimate of drug-likeness (QED) is 0.865. The van der Waals surface area contributed by atoms with Gasteiger partial charge in [-0.05, 0) is 43.1 Å². The van der Waals surface area contributed by atoms with Crippen LogP contribution in [0.4, 0.5) is 11.4 Å². The fourth-order valence-electron chi connectivity index (χ4n) is 3.31. The van der Waals surface area contributed by atoms with E-state index in [4.69, 9.17) is 0 Å². The third-order valence-electron chi connectivity index (χ3n) is 4.39. The summed E-state index contributed by atoms with van der Waals surface area (Å²) >= 11 is 1.95. The molecule has 0 bridgehead atoms. The number of hydrogen-bond acceptors (Lipinski definition) is 3. The Morgan fingerprint density at radius 3 is 2.64 bits per heavy atom. The molecule has 0 amide bonds. The molecule has 2 heterocycles. The van der Waals surface area contributed by atoms with Gasteiger partial charge in [-0.2, -0.15) is 0 Å². The van der Waals surface area contributed by atoms with Crippen molar-refractivity contribution < 1.29 is 0 Å². The van der Waals surface area contributed by atoms with Gasteiger partial charge in [0.15, 0.2) is 0 Å². The molecule has 0 aliphatic carbocycles. The van der Waals surface area contributed by atoms with Crippen molar-refractivity contribution in [1.82, 2.24) is 5.32 Å². The van der Waals surface area contributed by atoms with Gasteiger partial charge < -0.3 is 10.2 Å². The molecule has 2 aromatic carbocycles. The summed E-state index contributed by atoms with van der Waals surface area (Å²) in [5, 5.41) is 3.64. The Morgan fingerprint density at radius 2 is 1.82 bits per heavy atom. The number of anilines is 2. The Balaban J connectivity index is 0.00000144. The number of para-hydroxylation sites is 2. The van der Waals surface area contributed by atoms with Gasteiger partial charge in [-0.3, -0.25) is 0 Å². The van der Waals surface area contributed by atoms with Crippen LogP contribution in [0.2, 0.25) is 0 Å². The summed E-state index contributed by atoms with van der Waals surface area (Å²) in [6.07, 6.45) is 2.59. The zero-order chi connectivity index (χ0) is 14.1. The van der Waals surface area contributed by atoms with E-state index >= 15 is 0 Å². The lowest BCUT2D eigenvalue weighted by atomic mass is 10.1. The largest absolute Gasteiger partial charge is 0.339 e. The summed E-state index contributed by atoms with van der Waals surface area (Å²) in [5.41, 5.74) is 4.18. The van der Waals surface area contributed by atoms with Crippen molar-refractivity contribution >= 4 is 35.5 Å². The van der Waals surface area contributed by atoms with Crippen molar-refractivity contribution in [2.45, 2.75) is 29.5 Å². The van der Waals surface area contributed by atoms with Gasteiger partial charge in [-0.15, -0.1) is 24.2 Å². The fourth-order valence-corrected chi connectivity index (χ4v) is 4.37. The first-order chi connectivity index (χ1) is 10.4. The maximum Gasteiger partial charge on any atom is 0.0549 e. The van der Waals surface area contributed by atoms with E-state index in [1.165, 1.54) is 34.7 Å². The van der Waals surface area contributed by atoms with Crippen molar-refractivity contribution in [3.8, 4) is 0 Å². The Hall–Kier alpha value is -1.16. The minimum Gasteiger partial charge on any atom is -0.339 e. The minimum atomic E-state index is 0. The normalized spacial score (nSPS) is 19.8. The van der Waals surface area contributed by atoms with E-state index in [0.717, 1.165) is 18.8 Å². The van der Waals surface area contributed by atoms with Crippen molar-refractivity contribution in [2.75, 3.05) is 18.0 Å². The van der Waals surface area contributed by atoms with Crippen LogP contribution in [0.3, 0.4) is 0 Å². The molecule has 1 saturated heterocycles. The molecule has 1 N–H and O–H groups in total. The van der Waals surface area contributed by atoms with Gasteiger partial charge in [-0.25, -0.2) is 0 Å².